The van der Waals surface area contributed by atoms with Crippen LogP contribution < -0.4 is 15.8 Å². The number of nitrogens with two attached hydrogens (primary N) is 1. The van der Waals surface area contributed by atoms with Gasteiger partial charge in [0, 0.05) is 6.61 Å². The molecule has 0 fully saturated rings. The van der Waals surface area contributed by atoms with E-state index in [1.54, 1.807) is 14.0 Å². The molecule has 0 aliphatic heterocycles. The minimum absolute atomic E-state index is 0.376. The van der Waals surface area contributed by atoms with E-state index in [1.165, 1.54) is 0 Å². The largest absolute Gasteiger partial charge is 0.491 e. The number of rotatable bonds is 9. The molecule has 0 saturated heterocycles. The highest BCUT2D eigenvalue weighted by molar-refractivity contribution is 5.84. The molecule has 5 nitrogen and oxygen atoms in total. The smallest absolute Gasteiger partial charge is 0.237 e. The number of benzene rings is 1. The third-order valence-electron chi connectivity index (χ3n) is 3.08. The summed E-state index contributed by atoms with van der Waals surface area (Å²) in [6.45, 7) is 3.18. The van der Waals surface area contributed by atoms with Gasteiger partial charge in [0.2, 0.25) is 5.91 Å². The lowest BCUT2D eigenvalue weighted by atomic mass is 9.98. The fourth-order valence-electron chi connectivity index (χ4n) is 1.48. The van der Waals surface area contributed by atoms with Crippen LogP contribution in [0.5, 0.6) is 5.75 Å². The zero-order chi connectivity index (χ0) is 14.1. The fraction of sp³-hybridized carbons (Fsp3) is 0.500. The van der Waals surface area contributed by atoms with Gasteiger partial charge in [0.05, 0.1) is 12.1 Å². The summed E-state index contributed by atoms with van der Waals surface area (Å²) in [6, 6.07) is 9.56. The molecule has 1 aromatic carbocycles. The number of ether oxygens (including phenoxy) is 2. The van der Waals surface area contributed by atoms with Crippen molar-refractivity contribution in [2.45, 2.75) is 18.9 Å². The number of hydrogen-bond donors (Lipinski definition) is 2. The van der Waals surface area contributed by atoms with E-state index in [0.717, 1.165) is 5.75 Å². The van der Waals surface area contributed by atoms with Gasteiger partial charge in [-0.15, -0.1) is 0 Å². The van der Waals surface area contributed by atoms with Crippen LogP contribution in [0, 0.1) is 0 Å². The number of amides is 1. The highest BCUT2D eigenvalue weighted by Gasteiger charge is 2.28. The molecule has 0 spiro atoms. The second-order valence-corrected chi connectivity index (χ2v) is 4.47. The Morgan fingerprint density at radius 2 is 1.95 bits per heavy atom. The van der Waals surface area contributed by atoms with Gasteiger partial charge in [-0.05, 0) is 32.5 Å². The Morgan fingerprint density at radius 1 is 1.26 bits per heavy atom. The topological polar surface area (TPSA) is 73.6 Å². The first-order chi connectivity index (χ1) is 9.08. The molecule has 5 heteroatoms. The molecule has 1 rings (SSSR count). The molecular weight excluding hydrogens is 244 g/mol. The predicted molar refractivity (Wildman–Crippen MR) is 74.0 cm³/mol. The summed E-state index contributed by atoms with van der Waals surface area (Å²) in [6.07, 6.45) is 0.532. The van der Waals surface area contributed by atoms with Crippen LogP contribution in [0.15, 0.2) is 30.3 Å². The van der Waals surface area contributed by atoms with Crippen LogP contribution in [-0.4, -0.2) is 38.3 Å². The average Bonchev–Trinajstić information content (AvgIpc) is 2.43. The highest BCUT2D eigenvalue weighted by atomic mass is 16.5. The Kier molecular flexibility index (Phi) is 6.32. The summed E-state index contributed by atoms with van der Waals surface area (Å²) >= 11 is 0. The van der Waals surface area contributed by atoms with E-state index in [4.69, 9.17) is 15.2 Å². The van der Waals surface area contributed by atoms with Gasteiger partial charge >= 0.3 is 0 Å². The van der Waals surface area contributed by atoms with Gasteiger partial charge in [-0.3, -0.25) is 4.79 Å². The molecule has 0 saturated carbocycles. The standard InChI is InChI=1S/C14H22N2O3/c1-14(16-2,13(15)17)8-9-18-10-11-19-12-6-4-3-5-7-12/h3-7,16H,8-11H2,1-2H3,(H2,15,17). The Labute approximate surface area is 114 Å². The van der Waals surface area contributed by atoms with Crippen molar-refractivity contribution < 1.29 is 14.3 Å². The maximum absolute atomic E-state index is 11.2. The summed E-state index contributed by atoms with van der Waals surface area (Å²) in [4.78, 5) is 11.2. The molecule has 1 amide bonds. The van der Waals surface area contributed by atoms with Crippen molar-refractivity contribution in [1.82, 2.24) is 5.32 Å². The fourth-order valence-corrected chi connectivity index (χ4v) is 1.48. The number of carbonyl (C=O) groups excluding carboxylic acids is 1. The van der Waals surface area contributed by atoms with Crippen molar-refractivity contribution in [2.24, 2.45) is 5.73 Å². The number of hydrogen-bond acceptors (Lipinski definition) is 4. The molecule has 0 bridgehead atoms. The van der Waals surface area contributed by atoms with Gasteiger partial charge < -0.3 is 20.5 Å². The number of para-hydroxylation sites is 1. The van der Waals surface area contributed by atoms with Gasteiger partial charge in [-0.2, -0.15) is 0 Å². The van der Waals surface area contributed by atoms with E-state index in [2.05, 4.69) is 5.32 Å². The normalized spacial score (nSPS) is 13.8. The first-order valence-corrected chi connectivity index (χ1v) is 6.33. The lowest BCUT2D eigenvalue weighted by Crippen LogP contribution is -2.52. The molecule has 1 atom stereocenters. The number of primary amides is 1. The quantitative estimate of drug-likeness (QED) is 0.652. The van der Waals surface area contributed by atoms with E-state index in [9.17, 15) is 4.79 Å². The van der Waals surface area contributed by atoms with Crippen molar-refractivity contribution in [3.63, 3.8) is 0 Å². The maximum atomic E-state index is 11.2. The summed E-state index contributed by atoms with van der Waals surface area (Å²) in [5.41, 5.74) is 4.59. The van der Waals surface area contributed by atoms with Crippen LogP contribution in [0.3, 0.4) is 0 Å². The molecule has 0 aromatic heterocycles. The molecule has 106 valence electrons. The summed E-state index contributed by atoms with van der Waals surface area (Å²) in [5.74, 6) is 0.447. The molecule has 0 radical (unpaired) electrons. The minimum atomic E-state index is -0.722. The lowest BCUT2D eigenvalue weighted by molar-refractivity contribution is -0.124. The van der Waals surface area contributed by atoms with E-state index < -0.39 is 5.54 Å². The SMILES string of the molecule is CNC(C)(CCOCCOc1ccccc1)C(N)=O. The van der Waals surface area contributed by atoms with Gasteiger partial charge in [0.25, 0.3) is 0 Å². The molecule has 1 aromatic rings. The molecule has 19 heavy (non-hydrogen) atoms. The lowest BCUT2D eigenvalue weighted by Gasteiger charge is -2.25. The summed E-state index contributed by atoms with van der Waals surface area (Å²) in [5, 5.41) is 2.91. The van der Waals surface area contributed by atoms with E-state index in [-0.39, 0.29) is 5.91 Å². The monoisotopic (exact) mass is 266 g/mol. The van der Waals surface area contributed by atoms with Gasteiger partial charge in [0.1, 0.15) is 12.4 Å². The molecule has 0 aliphatic carbocycles. The van der Waals surface area contributed by atoms with Crippen LogP contribution in [0.1, 0.15) is 13.3 Å². The number of nitrogens with one attached hydrogen (secondary N) is 1. The second kappa shape index (κ2) is 7.76. The van der Waals surface area contributed by atoms with Crippen molar-refractivity contribution in [3.8, 4) is 5.75 Å². The molecular formula is C14H22N2O3. The highest BCUT2D eigenvalue weighted by Crippen LogP contribution is 2.09. The van der Waals surface area contributed by atoms with E-state index in [0.29, 0.717) is 26.2 Å². The Balaban J connectivity index is 2.13. The van der Waals surface area contributed by atoms with Crippen LogP contribution in [-0.2, 0) is 9.53 Å². The van der Waals surface area contributed by atoms with Crippen molar-refractivity contribution in [3.05, 3.63) is 30.3 Å². The zero-order valence-corrected chi connectivity index (χ0v) is 11.5. The van der Waals surface area contributed by atoms with Crippen molar-refractivity contribution in [1.29, 1.82) is 0 Å². The van der Waals surface area contributed by atoms with Crippen LogP contribution in [0.2, 0.25) is 0 Å². The van der Waals surface area contributed by atoms with Crippen LogP contribution >= 0.6 is 0 Å². The van der Waals surface area contributed by atoms with Crippen LogP contribution in [0.4, 0.5) is 0 Å². The van der Waals surface area contributed by atoms with Gasteiger partial charge in [-0.1, -0.05) is 18.2 Å². The molecule has 3 N–H and O–H groups in total. The third-order valence-corrected chi connectivity index (χ3v) is 3.08. The second-order valence-electron chi connectivity index (χ2n) is 4.47. The summed E-state index contributed by atoms with van der Waals surface area (Å²) < 4.78 is 10.9. The third kappa shape index (κ3) is 5.28. The van der Waals surface area contributed by atoms with Gasteiger partial charge in [0.15, 0.2) is 0 Å². The van der Waals surface area contributed by atoms with Crippen molar-refractivity contribution >= 4 is 5.91 Å². The predicted octanol–water partition coefficient (Wildman–Crippen LogP) is 0.935. The van der Waals surface area contributed by atoms with Crippen molar-refractivity contribution in [2.75, 3.05) is 26.9 Å². The Bertz CT molecular complexity index is 384. The first kappa shape index (κ1) is 15.5. The summed E-state index contributed by atoms with van der Waals surface area (Å²) in [7, 11) is 1.71. The molecule has 1 unspecified atom stereocenters. The molecule has 0 heterocycles. The number of carbonyl (C=O) groups is 1. The average molecular weight is 266 g/mol. The van der Waals surface area contributed by atoms with Crippen LogP contribution in [0.25, 0.3) is 0 Å². The van der Waals surface area contributed by atoms with E-state index in [1.807, 2.05) is 30.3 Å². The van der Waals surface area contributed by atoms with Gasteiger partial charge in [-0.25, -0.2) is 0 Å². The minimum Gasteiger partial charge on any atom is -0.491 e. The zero-order valence-electron chi connectivity index (χ0n) is 11.5. The Morgan fingerprint density at radius 3 is 2.53 bits per heavy atom. The maximum Gasteiger partial charge on any atom is 0.237 e. The van der Waals surface area contributed by atoms with E-state index >= 15 is 0 Å². The Hall–Kier alpha value is -1.59. The molecule has 0 aliphatic rings. The first-order valence-electron chi connectivity index (χ1n) is 6.33. The number of likely N-dealkylation sites (N-methyl/N-ethyl adjacent to an activating group) is 1.